The molecule has 2 aromatic carbocycles. The van der Waals surface area contributed by atoms with Gasteiger partial charge in [-0.15, -0.1) is 0 Å². The number of anilines is 1. The quantitative estimate of drug-likeness (QED) is 0.321. The van der Waals surface area contributed by atoms with Crippen LogP contribution in [0.1, 0.15) is 36.7 Å². The van der Waals surface area contributed by atoms with Crippen molar-refractivity contribution in [3.8, 4) is 0 Å². The van der Waals surface area contributed by atoms with Gasteiger partial charge in [0.2, 0.25) is 11.1 Å². The predicted octanol–water partition coefficient (Wildman–Crippen LogP) is 4.33. The summed E-state index contributed by atoms with van der Waals surface area (Å²) in [6, 6.07) is 11.9. The van der Waals surface area contributed by atoms with Gasteiger partial charge in [0.05, 0.1) is 17.9 Å². The molecule has 2 aromatic rings. The second-order valence-corrected chi connectivity index (χ2v) is 8.90. The van der Waals surface area contributed by atoms with Crippen molar-refractivity contribution in [3.63, 3.8) is 0 Å². The van der Waals surface area contributed by atoms with Crippen molar-refractivity contribution in [2.45, 2.75) is 33.0 Å². The zero-order valence-electron chi connectivity index (χ0n) is 20.5. The number of nitrogens with zero attached hydrogens (tertiary/aromatic N) is 3. The minimum atomic E-state index is -0.854. The Balaban J connectivity index is 2.06. The Hall–Kier alpha value is -3.72. The summed E-state index contributed by atoms with van der Waals surface area (Å²) >= 11 is 5.87. The van der Waals surface area contributed by atoms with Gasteiger partial charge in [0.25, 0.3) is 5.91 Å². The van der Waals surface area contributed by atoms with Crippen molar-refractivity contribution >= 4 is 45.8 Å². The number of ether oxygens (including phenoxy) is 1. The number of esters is 1. The number of halogens is 2. The van der Waals surface area contributed by atoms with Gasteiger partial charge in [-0.25, -0.2) is 9.18 Å². The van der Waals surface area contributed by atoms with Gasteiger partial charge in [0, 0.05) is 7.05 Å². The molecule has 1 aliphatic rings. The lowest BCUT2D eigenvalue weighted by atomic mass is 9.99. The molecule has 0 unspecified atom stereocenters. The van der Waals surface area contributed by atoms with E-state index in [9.17, 15) is 18.8 Å². The molecule has 0 aromatic heterocycles. The number of hydrogen-bond donors (Lipinski definition) is 1. The maximum absolute atomic E-state index is 14.3. The smallest absolute Gasteiger partial charge is 0.370 e. The Bertz CT molecular complexity index is 1200. The molecule has 0 spiro atoms. The number of carbonyl (C=O) groups is 3. The van der Waals surface area contributed by atoms with Crippen molar-refractivity contribution in [1.82, 2.24) is 9.80 Å². The number of hydrazone groups is 1. The van der Waals surface area contributed by atoms with Crippen molar-refractivity contribution < 1.29 is 23.5 Å². The van der Waals surface area contributed by atoms with Crippen LogP contribution < -0.4 is 5.43 Å². The van der Waals surface area contributed by atoms with Crippen molar-refractivity contribution in [1.29, 1.82) is 0 Å². The summed E-state index contributed by atoms with van der Waals surface area (Å²) < 4.78 is 19.1. The van der Waals surface area contributed by atoms with Gasteiger partial charge in [-0.3, -0.25) is 15.0 Å². The van der Waals surface area contributed by atoms with E-state index in [1.165, 1.54) is 15.9 Å². The molecule has 8 nitrogen and oxygen atoms in total. The molecule has 0 aliphatic carbocycles. The van der Waals surface area contributed by atoms with Crippen molar-refractivity contribution in [2.75, 3.05) is 19.1 Å². The molecule has 0 bridgehead atoms. The fourth-order valence-electron chi connectivity index (χ4n) is 4.11. The maximum Gasteiger partial charge on any atom is 0.370 e. The largest absolute Gasteiger partial charge is 0.461 e. The van der Waals surface area contributed by atoms with Crippen LogP contribution in [0.3, 0.4) is 0 Å². The van der Waals surface area contributed by atoms with Gasteiger partial charge in [0.1, 0.15) is 18.0 Å². The van der Waals surface area contributed by atoms with Crippen LogP contribution in [-0.4, -0.2) is 58.6 Å². The molecule has 3 rings (SSSR count). The number of benzene rings is 2. The van der Waals surface area contributed by atoms with Crippen LogP contribution in [0, 0.1) is 11.7 Å². The molecule has 10 heteroatoms. The number of carbonyl (C=O) groups excluding carboxylic acids is 3. The second-order valence-electron chi connectivity index (χ2n) is 8.54. The first-order valence-corrected chi connectivity index (χ1v) is 11.8. The van der Waals surface area contributed by atoms with Gasteiger partial charge in [-0.2, -0.15) is 5.10 Å². The summed E-state index contributed by atoms with van der Waals surface area (Å²) in [6.45, 7) is 9.56. The van der Waals surface area contributed by atoms with Crippen LogP contribution in [0.15, 0.2) is 60.2 Å². The van der Waals surface area contributed by atoms with Crippen molar-refractivity contribution in [2.24, 2.45) is 11.0 Å². The highest BCUT2D eigenvalue weighted by atomic mass is 35.5. The zero-order chi connectivity index (χ0) is 26.6. The summed E-state index contributed by atoms with van der Waals surface area (Å²) in [5.74, 6) is -2.62. The fourth-order valence-corrected chi connectivity index (χ4v) is 4.21. The number of nitrogens with one attached hydrogen (secondary N) is 1. The molecular formula is C26H28ClFN4O4. The first-order valence-electron chi connectivity index (χ1n) is 11.4. The summed E-state index contributed by atoms with van der Waals surface area (Å²) in [7, 11) is 1.61. The highest BCUT2D eigenvalue weighted by Crippen LogP contribution is 2.35. The van der Waals surface area contributed by atoms with Gasteiger partial charge in [-0.1, -0.05) is 62.4 Å². The summed E-state index contributed by atoms with van der Waals surface area (Å²) in [4.78, 5) is 41.9. The monoisotopic (exact) mass is 514 g/mol. The Morgan fingerprint density at radius 1 is 1.22 bits per heavy atom. The lowest BCUT2D eigenvalue weighted by Crippen LogP contribution is -2.46. The van der Waals surface area contributed by atoms with Crippen LogP contribution in [-0.2, 0) is 14.3 Å². The van der Waals surface area contributed by atoms with Crippen LogP contribution in [0.25, 0.3) is 5.57 Å². The average Bonchev–Trinajstić information content (AvgIpc) is 3.13. The third-order valence-corrected chi connectivity index (χ3v) is 6.02. The van der Waals surface area contributed by atoms with Gasteiger partial charge < -0.3 is 14.5 Å². The SMILES string of the molecule is C=C(c1ccccc1)[C@@H]1N(C)C(=O)[C@H](C(C)C)N1C(=O)c1cc(F)ccc1N/N=C(\Cl)C(=O)OCC. The molecule has 190 valence electrons. The normalized spacial score (nSPS) is 18.0. The van der Waals surface area contributed by atoms with Gasteiger partial charge in [0.15, 0.2) is 0 Å². The van der Waals surface area contributed by atoms with E-state index >= 15 is 0 Å². The van der Waals surface area contributed by atoms with E-state index in [1.807, 2.05) is 44.2 Å². The van der Waals surface area contributed by atoms with E-state index in [4.69, 9.17) is 16.3 Å². The standard InChI is InChI=1S/C26H28ClFN4O4/c1-6-36-26(35)22(27)30-29-20-13-12-18(28)14-19(20)24(33)32-21(15(2)3)25(34)31(5)23(32)16(4)17-10-8-7-9-11-17/h7-15,21,23,29H,4,6H2,1-3,5H3/b30-22-/t21-,23+/m0/s1. The lowest BCUT2D eigenvalue weighted by molar-refractivity contribution is -0.134. The third-order valence-electron chi connectivity index (χ3n) is 5.78. The Kier molecular flexibility index (Phi) is 8.47. The molecule has 1 aliphatic heterocycles. The molecular weight excluding hydrogens is 487 g/mol. The zero-order valence-corrected chi connectivity index (χ0v) is 21.3. The Morgan fingerprint density at radius 2 is 1.89 bits per heavy atom. The molecule has 1 heterocycles. The summed E-state index contributed by atoms with van der Waals surface area (Å²) in [6.07, 6.45) is -0.803. The fraction of sp³-hybridized carbons (Fsp3) is 0.308. The molecule has 1 fully saturated rings. The molecule has 1 N–H and O–H groups in total. The average molecular weight is 515 g/mol. The molecule has 2 atom stereocenters. The first-order chi connectivity index (χ1) is 17.1. The van der Waals surface area contributed by atoms with Crippen molar-refractivity contribution in [3.05, 3.63) is 72.1 Å². The lowest BCUT2D eigenvalue weighted by Gasteiger charge is -2.33. The van der Waals surface area contributed by atoms with Gasteiger partial charge in [-0.05, 0) is 42.2 Å². The molecule has 0 saturated carbocycles. The van der Waals surface area contributed by atoms with E-state index in [0.29, 0.717) is 5.57 Å². The summed E-state index contributed by atoms with van der Waals surface area (Å²) in [5.41, 5.74) is 3.85. The number of amides is 2. The molecule has 36 heavy (non-hydrogen) atoms. The third kappa shape index (κ3) is 5.41. The van der Waals surface area contributed by atoms with Crippen LogP contribution in [0.4, 0.5) is 10.1 Å². The Labute approximate surface area is 214 Å². The highest BCUT2D eigenvalue weighted by Gasteiger charge is 2.49. The van der Waals surface area contributed by atoms with E-state index in [2.05, 4.69) is 17.1 Å². The topological polar surface area (TPSA) is 91.3 Å². The van der Waals surface area contributed by atoms with Crippen LogP contribution in [0.2, 0.25) is 0 Å². The number of hydrogen-bond acceptors (Lipinski definition) is 6. The minimum absolute atomic E-state index is 0.0910. The molecule has 0 radical (unpaired) electrons. The van der Waals surface area contributed by atoms with Crippen LogP contribution >= 0.6 is 11.6 Å². The first kappa shape index (κ1) is 26.9. The molecule has 2 amide bonds. The maximum atomic E-state index is 14.3. The summed E-state index contributed by atoms with van der Waals surface area (Å²) in [5, 5.41) is 3.27. The van der Waals surface area contributed by atoms with E-state index in [1.54, 1.807) is 14.0 Å². The number of rotatable bonds is 8. The Morgan fingerprint density at radius 3 is 2.50 bits per heavy atom. The highest BCUT2D eigenvalue weighted by molar-refractivity contribution is 6.82. The van der Waals surface area contributed by atoms with Gasteiger partial charge >= 0.3 is 5.97 Å². The van der Waals surface area contributed by atoms with E-state index in [0.717, 1.165) is 17.7 Å². The number of likely N-dealkylation sites (N-methyl/N-ethyl adjacent to an activating group) is 1. The van der Waals surface area contributed by atoms with E-state index in [-0.39, 0.29) is 29.7 Å². The predicted molar refractivity (Wildman–Crippen MR) is 137 cm³/mol. The second kappa shape index (κ2) is 11.3. The molecule has 1 saturated heterocycles. The minimum Gasteiger partial charge on any atom is -0.461 e. The van der Waals surface area contributed by atoms with Crippen LogP contribution in [0.5, 0.6) is 0 Å². The van der Waals surface area contributed by atoms with E-state index < -0.39 is 35.1 Å².